The van der Waals surface area contributed by atoms with Crippen molar-refractivity contribution in [2.24, 2.45) is 5.41 Å². The molecular weight excluding hydrogens is 336 g/mol. The third kappa shape index (κ3) is 3.95. The average Bonchev–Trinajstić information content (AvgIpc) is 2.74. The number of hydrogen-bond acceptors (Lipinski definition) is 3. The average molecular weight is 354 g/mol. The Morgan fingerprint density at radius 3 is 2.78 bits per heavy atom. The minimum Gasteiger partial charge on any atom is -0.351 e. The molecule has 1 fully saturated rings. The highest BCUT2D eigenvalue weighted by Crippen LogP contribution is 2.27. The predicted molar refractivity (Wildman–Crippen MR) is 81.8 cm³/mol. The molecule has 0 aromatic carbocycles. The number of thiophene rings is 1. The maximum Gasteiger partial charge on any atom is 0.262 e. The summed E-state index contributed by atoms with van der Waals surface area (Å²) >= 11 is 4.86. The van der Waals surface area contributed by atoms with E-state index in [1.165, 1.54) is 11.3 Å². The molecule has 2 rings (SSSR count). The lowest BCUT2D eigenvalue weighted by Crippen LogP contribution is -2.42. The van der Waals surface area contributed by atoms with E-state index >= 15 is 0 Å². The summed E-state index contributed by atoms with van der Waals surface area (Å²) in [5.41, 5.74) is 0.241. The van der Waals surface area contributed by atoms with Crippen LogP contribution in [0.2, 0.25) is 0 Å². The Kier molecular flexibility index (Phi) is 6.11. The first-order valence-corrected chi connectivity index (χ1v) is 7.50. The van der Waals surface area contributed by atoms with Crippen molar-refractivity contribution < 1.29 is 4.79 Å². The molecule has 18 heavy (non-hydrogen) atoms. The molecule has 1 amide bonds. The summed E-state index contributed by atoms with van der Waals surface area (Å²) in [6.07, 6.45) is 2.25. The van der Waals surface area contributed by atoms with Crippen molar-refractivity contribution in [1.82, 2.24) is 10.6 Å². The molecule has 0 unspecified atom stereocenters. The summed E-state index contributed by atoms with van der Waals surface area (Å²) in [4.78, 5) is 12.7. The van der Waals surface area contributed by atoms with Crippen molar-refractivity contribution >= 4 is 45.6 Å². The van der Waals surface area contributed by atoms with E-state index in [1.54, 1.807) is 0 Å². The van der Waals surface area contributed by atoms with E-state index in [2.05, 4.69) is 33.5 Å². The Bertz CT molecular complexity index is 405. The predicted octanol–water partition coefficient (Wildman–Crippen LogP) is 3.05. The second-order valence-corrected chi connectivity index (χ2v) is 6.61. The molecular formula is C12H18BrClN2OS. The molecule has 0 atom stereocenters. The number of amides is 1. The van der Waals surface area contributed by atoms with Crippen LogP contribution in [0.1, 0.15) is 29.4 Å². The number of halogens is 2. The lowest BCUT2D eigenvalue weighted by Gasteiger charge is -2.34. The first-order valence-electron chi connectivity index (χ1n) is 5.83. The van der Waals surface area contributed by atoms with Crippen LogP contribution in [0.4, 0.5) is 0 Å². The summed E-state index contributed by atoms with van der Waals surface area (Å²) in [7, 11) is 0. The second kappa shape index (κ2) is 6.89. The van der Waals surface area contributed by atoms with E-state index in [1.807, 2.05) is 11.4 Å². The van der Waals surface area contributed by atoms with Crippen molar-refractivity contribution in [3.05, 3.63) is 20.8 Å². The van der Waals surface area contributed by atoms with Crippen molar-refractivity contribution in [2.45, 2.75) is 19.8 Å². The molecule has 0 saturated carbocycles. The number of rotatable bonds is 3. The first-order chi connectivity index (χ1) is 8.11. The van der Waals surface area contributed by atoms with Crippen LogP contribution in [0.3, 0.4) is 0 Å². The summed E-state index contributed by atoms with van der Waals surface area (Å²) in [6, 6.07) is 1.91. The zero-order valence-corrected chi connectivity index (χ0v) is 13.5. The van der Waals surface area contributed by atoms with Crippen LogP contribution in [-0.4, -0.2) is 25.5 Å². The second-order valence-electron chi connectivity index (χ2n) is 4.84. The van der Waals surface area contributed by atoms with Gasteiger partial charge in [0, 0.05) is 11.0 Å². The summed E-state index contributed by atoms with van der Waals surface area (Å²) in [5, 5.41) is 8.32. The highest BCUT2D eigenvalue weighted by Gasteiger charge is 2.27. The zero-order valence-electron chi connectivity index (χ0n) is 10.3. The standard InChI is InChI=1S/C12H17BrN2OS.ClH/c1-12(3-5-14-6-4-12)8-15-11(16)10-9(13)2-7-17-10;/h2,7,14H,3-6,8H2,1H3,(H,15,16);1H. The van der Waals surface area contributed by atoms with Crippen molar-refractivity contribution in [1.29, 1.82) is 0 Å². The van der Waals surface area contributed by atoms with Crippen LogP contribution in [0, 0.1) is 5.41 Å². The Hall–Kier alpha value is -0.100. The van der Waals surface area contributed by atoms with Gasteiger partial charge in [-0.25, -0.2) is 0 Å². The Balaban J connectivity index is 0.00000162. The van der Waals surface area contributed by atoms with Gasteiger partial charge < -0.3 is 10.6 Å². The fourth-order valence-corrected chi connectivity index (χ4v) is 3.50. The van der Waals surface area contributed by atoms with E-state index in [9.17, 15) is 4.79 Å². The van der Waals surface area contributed by atoms with Gasteiger partial charge in [-0.15, -0.1) is 23.7 Å². The van der Waals surface area contributed by atoms with Gasteiger partial charge in [0.1, 0.15) is 4.88 Å². The van der Waals surface area contributed by atoms with Crippen LogP contribution >= 0.6 is 39.7 Å². The van der Waals surface area contributed by atoms with Gasteiger partial charge in [0.15, 0.2) is 0 Å². The minimum absolute atomic E-state index is 0. The lowest BCUT2D eigenvalue weighted by atomic mass is 9.81. The Morgan fingerprint density at radius 1 is 1.56 bits per heavy atom. The van der Waals surface area contributed by atoms with Gasteiger partial charge in [0.25, 0.3) is 5.91 Å². The van der Waals surface area contributed by atoms with Gasteiger partial charge in [-0.05, 0) is 58.7 Å². The first kappa shape index (κ1) is 16.0. The number of piperidine rings is 1. The molecule has 1 aliphatic rings. The van der Waals surface area contributed by atoms with E-state index in [0.29, 0.717) is 0 Å². The van der Waals surface area contributed by atoms with Gasteiger partial charge in [-0.2, -0.15) is 0 Å². The molecule has 3 nitrogen and oxygen atoms in total. The van der Waals surface area contributed by atoms with Crippen LogP contribution in [-0.2, 0) is 0 Å². The van der Waals surface area contributed by atoms with Crippen molar-refractivity contribution in [3.8, 4) is 0 Å². The molecule has 2 N–H and O–H groups in total. The van der Waals surface area contributed by atoms with Gasteiger partial charge in [-0.1, -0.05) is 6.92 Å². The maximum absolute atomic E-state index is 12.0. The molecule has 102 valence electrons. The number of carbonyl (C=O) groups is 1. The van der Waals surface area contributed by atoms with Crippen molar-refractivity contribution in [3.63, 3.8) is 0 Å². The zero-order chi connectivity index (χ0) is 12.3. The smallest absolute Gasteiger partial charge is 0.262 e. The highest BCUT2D eigenvalue weighted by molar-refractivity contribution is 9.10. The normalized spacial score (nSPS) is 17.9. The third-order valence-electron chi connectivity index (χ3n) is 3.31. The molecule has 1 saturated heterocycles. The van der Waals surface area contributed by atoms with Crippen LogP contribution < -0.4 is 10.6 Å². The molecule has 0 bridgehead atoms. The fraction of sp³-hybridized carbons (Fsp3) is 0.583. The van der Waals surface area contributed by atoms with E-state index in [4.69, 9.17) is 0 Å². The van der Waals surface area contributed by atoms with E-state index in [-0.39, 0.29) is 23.7 Å². The van der Waals surface area contributed by atoms with Crippen LogP contribution in [0.25, 0.3) is 0 Å². The SMILES string of the molecule is CC1(CNC(=O)c2sccc2Br)CCNCC1.Cl. The van der Waals surface area contributed by atoms with Gasteiger partial charge >= 0.3 is 0 Å². The molecule has 0 spiro atoms. The van der Waals surface area contributed by atoms with Gasteiger partial charge in [0.05, 0.1) is 0 Å². The quantitative estimate of drug-likeness (QED) is 0.877. The lowest BCUT2D eigenvalue weighted by molar-refractivity contribution is 0.0925. The minimum atomic E-state index is 0. The summed E-state index contributed by atoms with van der Waals surface area (Å²) in [6.45, 7) is 5.11. The van der Waals surface area contributed by atoms with E-state index in [0.717, 1.165) is 41.8 Å². The largest absolute Gasteiger partial charge is 0.351 e. The number of carbonyl (C=O) groups excluding carboxylic acids is 1. The van der Waals surface area contributed by atoms with Crippen LogP contribution in [0.5, 0.6) is 0 Å². The van der Waals surface area contributed by atoms with Gasteiger partial charge in [0.2, 0.25) is 0 Å². The number of nitrogens with one attached hydrogen (secondary N) is 2. The molecule has 1 aromatic rings. The molecule has 1 aliphatic heterocycles. The molecule has 6 heteroatoms. The Morgan fingerprint density at radius 2 is 2.22 bits per heavy atom. The maximum atomic E-state index is 12.0. The van der Waals surface area contributed by atoms with Crippen LogP contribution in [0.15, 0.2) is 15.9 Å². The highest BCUT2D eigenvalue weighted by atomic mass is 79.9. The third-order valence-corrected chi connectivity index (χ3v) is 5.15. The molecule has 0 radical (unpaired) electrons. The van der Waals surface area contributed by atoms with Crippen molar-refractivity contribution in [2.75, 3.05) is 19.6 Å². The fourth-order valence-electron chi connectivity index (χ4n) is 2.04. The molecule has 2 heterocycles. The summed E-state index contributed by atoms with van der Waals surface area (Å²) in [5.74, 6) is 0.0339. The molecule has 1 aromatic heterocycles. The Labute approximate surface area is 126 Å². The number of hydrogen-bond donors (Lipinski definition) is 2. The van der Waals surface area contributed by atoms with E-state index < -0.39 is 0 Å². The summed E-state index contributed by atoms with van der Waals surface area (Å²) < 4.78 is 0.885. The van der Waals surface area contributed by atoms with Gasteiger partial charge in [-0.3, -0.25) is 4.79 Å². The monoisotopic (exact) mass is 352 g/mol. The molecule has 0 aliphatic carbocycles. The topological polar surface area (TPSA) is 41.1 Å².